The molecule has 0 unspecified atom stereocenters. The molecule has 24 heavy (non-hydrogen) atoms. The van der Waals surface area contributed by atoms with Crippen LogP contribution in [0.1, 0.15) is 55.6 Å². The van der Waals surface area contributed by atoms with Crippen LogP contribution in [0.2, 0.25) is 0 Å². The van der Waals surface area contributed by atoms with Crippen molar-refractivity contribution in [3.8, 4) is 0 Å². The molecule has 1 aromatic carbocycles. The van der Waals surface area contributed by atoms with Gasteiger partial charge in [0.05, 0.1) is 0 Å². The highest BCUT2D eigenvalue weighted by Gasteiger charge is 2.27. The Morgan fingerprint density at radius 3 is 2.50 bits per heavy atom. The van der Waals surface area contributed by atoms with Crippen molar-refractivity contribution in [3.05, 3.63) is 35.6 Å². The van der Waals surface area contributed by atoms with Gasteiger partial charge < -0.3 is 14.6 Å². The Morgan fingerprint density at radius 2 is 1.83 bits per heavy atom. The summed E-state index contributed by atoms with van der Waals surface area (Å²) in [6, 6.07) is 7.79. The Balaban J connectivity index is 1.71. The molecule has 0 radical (unpaired) electrons. The number of nitrogens with one attached hydrogen (secondary N) is 1. The molecule has 0 aliphatic carbocycles. The van der Waals surface area contributed by atoms with Gasteiger partial charge in [0.1, 0.15) is 5.58 Å². The SMILES string of the molecule is Cc1c(C(=O)NC(C)(C)CN2CCCCCC2)oc2ccccc12. The molecule has 1 fully saturated rings. The van der Waals surface area contributed by atoms with Crippen LogP contribution >= 0.6 is 0 Å². The molecule has 130 valence electrons. The van der Waals surface area contributed by atoms with Gasteiger partial charge in [0, 0.05) is 23.0 Å². The molecular formula is C20H28N2O2. The number of nitrogens with zero attached hydrogens (tertiary/aromatic N) is 1. The fraction of sp³-hybridized carbons (Fsp3) is 0.550. The van der Waals surface area contributed by atoms with Crippen molar-refractivity contribution < 1.29 is 9.21 Å². The molecule has 0 saturated carbocycles. The number of carbonyl (C=O) groups is 1. The first-order chi connectivity index (χ1) is 11.5. The van der Waals surface area contributed by atoms with Crippen LogP contribution < -0.4 is 5.32 Å². The van der Waals surface area contributed by atoms with Crippen LogP contribution in [-0.2, 0) is 0 Å². The maximum Gasteiger partial charge on any atom is 0.287 e. The fourth-order valence-corrected chi connectivity index (χ4v) is 3.65. The number of para-hydroxylation sites is 1. The van der Waals surface area contributed by atoms with E-state index in [1.165, 1.54) is 25.7 Å². The van der Waals surface area contributed by atoms with Gasteiger partial charge in [-0.05, 0) is 52.8 Å². The van der Waals surface area contributed by atoms with Crippen molar-refractivity contribution in [1.29, 1.82) is 0 Å². The van der Waals surface area contributed by atoms with E-state index in [1.807, 2.05) is 31.2 Å². The zero-order valence-electron chi connectivity index (χ0n) is 15.0. The van der Waals surface area contributed by atoms with Gasteiger partial charge in [-0.3, -0.25) is 4.79 Å². The zero-order valence-corrected chi connectivity index (χ0v) is 15.0. The maximum absolute atomic E-state index is 12.7. The van der Waals surface area contributed by atoms with Crippen LogP contribution in [0.3, 0.4) is 0 Å². The van der Waals surface area contributed by atoms with Crippen molar-refractivity contribution >= 4 is 16.9 Å². The number of hydrogen-bond acceptors (Lipinski definition) is 3. The van der Waals surface area contributed by atoms with E-state index in [9.17, 15) is 4.79 Å². The minimum atomic E-state index is -0.285. The highest BCUT2D eigenvalue weighted by molar-refractivity contribution is 5.99. The Morgan fingerprint density at radius 1 is 1.17 bits per heavy atom. The van der Waals surface area contributed by atoms with Crippen LogP contribution in [0.25, 0.3) is 11.0 Å². The summed E-state index contributed by atoms with van der Waals surface area (Å²) in [6.07, 6.45) is 5.16. The molecule has 1 saturated heterocycles. The van der Waals surface area contributed by atoms with Crippen molar-refractivity contribution in [3.63, 3.8) is 0 Å². The smallest absolute Gasteiger partial charge is 0.287 e. The van der Waals surface area contributed by atoms with E-state index in [1.54, 1.807) is 0 Å². The summed E-state index contributed by atoms with van der Waals surface area (Å²) < 4.78 is 5.79. The second-order valence-electron chi connectivity index (χ2n) is 7.58. The molecule has 0 atom stereocenters. The first-order valence-electron chi connectivity index (χ1n) is 8.99. The van der Waals surface area contributed by atoms with E-state index in [0.717, 1.165) is 36.2 Å². The summed E-state index contributed by atoms with van der Waals surface area (Å²) in [5.41, 5.74) is 1.39. The molecule has 0 bridgehead atoms. The van der Waals surface area contributed by atoms with Crippen molar-refractivity contribution in [2.24, 2.45) is 0 Å². The van der Waals surface area contributed by atoms with E-state index < -0.39 is 0 Å². The highest BCUT2D eigenvalue weighted by atomic mass is 16.3. The van der Waals surface area contributed by atoms with E-state index in [0.29, 0.717) is 5.76 Å². The second kappa shape index (κ2) is 6.98. The van der Waals surface area contributed by atoms with Gasteiger partial charge in [-0.15, -0.1) is 0 Å². The lowest BCUT2D eigenvalue weighted by Crippen LogP contribution is -2.51. The predicted molar refractivity (Wildman–Crippen MR) is 97.4 cm³/mol. The number of furan rings is 1. The molecule has 2 heterocycles. The van der Waals surface area contributed by atoms with Crippen LogP contribution in [-0.4, -0.2) is 36.0 Å². The monoisotopic (exact) mass is 328 g/mol. The van der Waals surface area contributed by atoms with E-state index in [4.69, 9.17) is 4.42 Å². The van der Waals surface area contributed by atoms with Crippen LogP contribution in [0, 0.1) is 6.92 Å². The average Bonchev–Trinajstić information content (AvgIpc) is 2.70. The molecule has 1 N–H and O–H groups in total. The lowest BCUT2D eigenvalue weighted by Gasteiger charge is -2.32. The summed E-state index contributed by atoms with van der Waals surface area (Å²) in [5.74, 6) is 0.309. The van der Waals surface area contributed by atoms with Gasteiger partial charge in [-0.2, -0.15) is 0 Å². The standard InChI is InChI=1S/C20H28N2O2/c1-15-16-10-6-7-11-17(16)24-18(15)19(23)21-20(2,3)14-22-12-8-4-5-9-13-22/h6-7,10-11H,4-5,8-9,12-14H2,1-3H3,(H,21,23). The molecule has 3 rings (SSSR count). The molecule has 1 aromatic heterocycles. The maximum atomic E-state index is 12.7. The van der Waals surface area contributed by atoms with Gasteiger partial charge in [-0.25, -0.2) is 0 Å². The minimum Gasteiger partial charge on any atom is -0.451 e. The topological polar surface area (TPSA) is 45.5 Å². The molecule has 1 aliphatic heterocycles. The van der Waals surface area contributed by atoms with Crippen molar-refractivity contribution in [1.82, 2.24) is 10.2 Å². The fourth-order valence-electron chi connectivity index (χ4n) is 3.65. The van der Waals surface area contributed by atoms with Gasteiger partial charge >= 0.3 is 0 Å². The van der Waals surface area contributed by atoms with Crippen LogP contribution in [0.15, 0.2) is 28.7 Å². The van der Waals surface area contributed by atoms with E-state index >= 15 is 0 Å². The molecule has 0 spiro atoms. The Kier molecular flexibility index (Phi) is 4.95. The number of benzene rings is 1. The summed E-state index contributed by atoms with van der Waals surface area (Å²) in [4.78, 5) is 15.2. The number of amides is 1. The number of carbonyl (C=O) groups excluding carboxylic acids is 1. The minimum absolute atomic E-state index is 0.122. The molecule has 4 nitrogen and oxygen atoms in total. The number of rotatable bonds is 4. The Bertz CT molecular complexity index is 709. The van der Waals surface area contributed by atoms with Crippen molar-refractivity contribution in [2.45, 2.75) is 52.0 Å². The number of likely N-dealkylation sites (tertiary alicyclic amines) is 1. The molecule has 1 amide bonds. The van der Waals surface area contributed by atoms with Gasteiger partial charge in [0.2, 0.25) is 0 Å². The zero-order chi connectivity index (χ0) is 17.2. The number of hydrogen-bond donors (Lipinski definition) is 1. The van der Waals surface area contributed by atoms with Crippen LogP contribution in [0.4, 0.5) is 0 Å². The second-order valence-corrected chi connectivity index (χ2v) is 7.58. The number of aryl methyl sites for hydroxylation is 1. The number of fused-ring (bicyclic) bond motifs is 1. The third-order valence-electron chi connectivity index (χ3n) is 4.82. The summed E-state index contributed by atoms with van der Waals surface area (Å²) in [6.45, 7) is 9.26. The Hall–Kier alpha value is -1.81. The third-order valence-corrected chi connectivity index (χ3v) is 4.82. The molecular weight excluding hydrogens is 300 g/mol. The average molecular weight is 328 g/mol. The summed E-state index contributed by atoms with van der Waals surface area (Å²) in [7, 11) is 0. The third kappa shape index (κ3) is 3.81. The van der Waals surface area contributed by atoms with Crippen molar-refractivity contribution in [2.75, 3.05) is 19.6 Å². The molecule has 2 aromatic rings. The van der Waals surface area contributed by atoms with E-state index in [2.05, 4.69) is 24.1 Å². The molecule has 4 heteroatoms. The summed E-state index contributed by atoms with van der Waals surface area (Å²) in [5, 5.41) is 4.18. The van der Waals surface area contributed by atoms with Gasteiger partial charge in [-0.1, -0.05) is 31.0 Å². The van der Waals surface area contributed by atoms with Crippen LogP contribution in [0.5, 0.6) is 0 Å². The van der Waals surface area contributed by atoms with E-state index in [-0.39, 0.29) is 11.4 Å². The predicted octanol–water partition coefficient (Wildman–Crippen LogP) is 4.13. The normalized spacial score (nSPS) is 17.0. The lowest BCUT2D eigenvalue weighted by molar-refractivity contribution is 0.0860. The van der Waals surface area contributed by atoms with Gasteiger partial charge in [0.25, 0.3) is 5.91 Å². The lowest BCUT2D eigenvalue weighted by atomic mass is 10.0. The first-order valence-corrected chi connectivity index (χ1v) is 8.99. The quantitative estimate of drug-likeness (QED) is 0.918. The largest absolute Gasteiger partial charge is 0.451 e. The van der Waals surface area contributed by atoms with Gasteiger partial charge in [0.15, 0.2) is 5.76 Å². The molecule has 1 aliphatic rings. The highest BCUT2D eigenvalue weighted by Crippen LogP contribution is 2.25. The Labute approximate surface area is 144 Å². The first kappa shape index (κ1) is 17.0. The summed E-state index contributed by atoms with van der Waals surface area (Å²) >= 11 is 0.